The Bertz CT molecular complexity index is 341. The maximum absolute atomic E-state index is 5.82. The fourth-order valence-electron chi connectivity index (χ4n) is 1.66. The van der Waals surface area contributed by atoms with Crippen molar-refractivity contribution in [1.29, 1.82) is 0 Å². The molecule has 0 radical (unpaired) electrons. The summed E-state index contributed by atoms with van der Waals surface area (Å²) < 4.78 is 5.82. The van der Waals surface area contributed by atoms with E-state index in [2.05, 4.69) is 52.1 Å². The van der Waals surface area contributed by atoms with Crippen LogP contribution in [0.1, 0.15) is 57.2 Å². The third-order valence-corrected chi connectivity index (χ3v) is 3.77. The van der Waals surface area contributed by atoms with Crippen LogP contribution in [0, 0.1) is 0 Å². The van der Waals surface area contributed by atoms with Gasteiger partial charge in [0.15, 0.2) is 0 Å². The maximum Gasteiger partial charge on any atom is 0.0813 e. The van der Waals surface area contributed by atoms with Crippen LogP contribution in [-0.2, 0) is 17.9 Å². The van der Waals surface area contributed by atoms with E-state index in [4.69, 9.17) is 4.74 Å². The molecule has 0 spiro atoms. The molecule has 1 unspecified atom stereocenters. The monoisotopic (exact) mass is 269 g/mol. The van der Waals surface area contributed by atoms with Gasteiger partial charge in [-0.25, -0.2) is 0 Å². The molecule has 3 heteroatoms. The van der Waals surface area contributed by atoms with Crippen LogP contribution in [0.4, 0.5) is 0 Å². The number of ether oxygens (including phenoxy) is 1. The van der Waals surface area contributed by atoms with Crippen LogP contribution in [0.3, 0.4) is 0 Å². The molecule has 0 fully saturated rings. The van der Waals surface area contributed by atoms with E-state index < -0.39 is 0 Å². The van der Waals surface area contributed by atoms with Crippen molar-refractivity contribution in [2.24, 2.45) is 0 Å². The minimum atomic E-state index is 0.177. The minimum Gasteiger partial charge on any atom is -0.373 e. The van der Waals surface area contributed by atoms with Crippen LogP contribution in [-0.4, -0.2) is 11.6 Å². The fraction of sp³-hybridized carbons (Fsp3) is 0.733. The number of nitrogens with one attached hydrogen (secondary N) is 1. The second-order valence-corrected chi connectivity index (χ2v) is 7.13. The van der Waals surface area contributed by atoms with Crippen LogP contribution in [0.5, 0.6) is 0 Å². The highest BCUT2D eigenvalue weighted by Crippen LogP contribution is 2.19. The molecule has 1 aromatic heterocycles. The summed E-state index contributed by atoms with van der Waals surface area (Å²) in [7, 11) is 0. The molecule has 0 saturated heterocycles. The van der Waals surface area contributed by atoms with E-state index in [9.17, 15) is 0 Å². The van der Waals surface area contributed by atoms with Crippen molar-refractivity contribution in [2.45, 2.75) is 72.3 Å². The van der Waals surface area contributed by atoms with Gasteiger partial charge in [-0.2, -0.15) is 0 Å². The lowest BCUT2D eigenvalue weighted by Crippen LogP contribution is -2.34. The van der Waals surface area contributed by atoms with Gasteiger partial charge in [0.2, 0.25) is 0 Å². The maximum atomic E-state index is 5.82. The Hall–Kier alpha value is -0.380. The van der Waals surface area contributed by atoms with Crippen LogP contribution in [0.2, 0.25) is 0 Å². The topological polar surface area (TPSA) is 21.3 Å². The molecule has 0 bridgehead atoms. The fourth-order valence-corrected chi connectivity index (χ4v) is 2.54. The van der Waals surface area contributed by atoms with Gasteiger partial charge < -0.3 is 10.1 Å². The predicted molar refractivity (Wildman–Crippen MR) is 80.1 cm³/mol. The van der Waals surface area contributed by atoms with Crippen molar-refractivity contribution in [1.82, 2.24) is 5.32 Å². The van der Waals surface area contributed by atoms with Crippen molar-refractivity contribution < 1.29 is 4.74 Å². The lowest BCUT2D eigenvalue weighted by Gasteiger charge is -2.19. The quantitative estimate of drug-likeness (QED) is 0.795. The average Bonchev–Trinajstić information content (AvgIpc) is 2.71. The van der Waals surface area contributed by atoms with E-state index in [1.54, 1.807) is 0 Å². The van der Waals surface area contributed by atoms with E-state index >= 15 is 0 Å². The van der Waals surface area contributed by atoms with Crippen LogP contribution in [0.25, 0.3) is 0 Å². The van der Waals surface area contributed by atoms with Gasteiger partial charge in [0.25, 0.3) is 0 Å². The molecule has 1 atom stereocenters. The third kappa shape index (κ3) is 6.53. The van der Waals surface area contributed by atoms with E-state index in [0.29, 0.717) is 6.10 Å². The van der Waals surface area contributed by atoms with Crippen molar-refractivity contribution in [3.8, 4) is 0 Å². The molecule has 0 saturated carbocycles. The summed E-state index contributed by atoms with van der Waals surface area (Å²) >= 11 is 1.85. The van der Waals surface area contributed by atoms with Gasteiger partial charge in [-0.05, 0) is 46.2 Å². The lowest BCUT2D eigenvalue weighted by atomic mass is 10.1. The number of thiophene rings is 1. The third-order valence-electron chi connectivity index (χ3n) is 2.72. The summed E-state index contributed by atoms with van der Waals surface area (Å²) in [5.41, 5.74) is 0.177. The predicted octanol–water partition coefficient (Wildman–Crippen LogP) is 4.34. The summed E-state index contributed by atoms with van der Waals surface area (Å²) in [6, 6.07) is 4.38. The largest absolute Gasteiger partial charge is 0.373 e. The molecule has 0 aliphatic rings. The molecule has 1 rings (SSSR count). The van der Waals surface area contributed by atoms with E-state index in [1.807, 2.05) is 11.3 Å². The van der Waals surface area contributed by atoms with Crippen molar-refractivity contribution in [3.05, 3.63) is 21.9 Å². The zero-order valence-electron chi connectivity index (χ0n) is 12.4. The van der Waals surface area contributed by atoms with Gasteiger partial charge in [0.1, 0.15) is 0 Å². The molecule has 0 aliphatic carbocycles. The minimum absolute atomic E-state index is 0.177. The zero-order valence-corrected chi connectivity index (χ0v) is 13.2. The Balaban J connectivity index is 2.34. The normalized spacial score (nSPS) is 13.8. The molecule has 2 nitrogen and oxygen atoms in total. The zero-order chi connectivity index (χ0) is 13.6. The summed E-state index contributed by atoms with van der Waals surface area (Å²) in [5.74, 6) is 0. The second kappa shape index (κ2) is 7.27. The van der Waals surface area contributed by atoms with E-state index in [-0.39, 0.29) is 5.54 Å². The highest BCUT2D eigenvalue weighted by molar-refractivity contribution is 7.11. The number of rotatable bonds is 7. The highest BCUT2D eigenvalue weighted by atomic mass is 32.1. The van der Waals surface area contributed by atoms with Gasteiger partial charge in [-0.1, -0.05) is 13.3 Å². The van der Waals surface area contributed by atoms with Crippen molar-refractivity contribution >= 4 is 11.3 Å². The van der Waals surface area contributed by atoms with Crippen LogP contribution >= 0.6 is 11.3 Å². The Kier molecular flexibility index (Phi) is 6.33. The first-order valence-corrected chi connectivity index (χ1v) is 7.66. The van der Waals surface area contributed by atoms with Crippen molar-refractivity contribution in [2.75, 3.05) is 0 Å². The molecule has 1 aromatic rings. The van der Waals surface area contributed by atoms with E-state index in [1.165, 1.54) is 16.2 Å². The summed E-state index contributed by atoms with van der Waals surface area (Å²) in [4.78, 5) is 2.70. The van der Waals surface area contributed by atoms with Gasteiger partial charge >= 0.3 is 0 Å². The molecular weight excluding hydrogens is 242 g/mol. The van der Waals surface area contributed by atoms with Crippen LogP contribution < -0.4 is 5.32 Å². The molecule has 1 N–H and O–H groups in total. The molecule has 18 heavy (non-hydrogen) atoms. The van der Waals surface area contributed by atoms with Crippen molar-refractivity contribution in [3.63, 3.8) is 0 Å². The standard InChI is InChI=1S/C15H27NOS/c1-6-7-12(2)17-11-14-9-8-13(18-14)10-16-15(3,4)5/h8-9,12,16H,6-7,10-11H2,1-5H3. The molecule has 1 heterocycles. The van der Waals surface area contributed by atoms with Gasteiger partial charge in [0.05, 0.1) is 12.7 Å². The van der Waals surface area contributed by atoms with E-state index in [0.717, 1.165) is 19.6 Å². The number of hydrogen-bond acceptors (Lipinski definition) is 3. The Morgan fingerprint density at radius 2 is 1.94 bits per heavy atom. The molecule has 0 amide bonds. The van der Waals surface area contributed by atoms with Gasteiger partial charge in [-0.15, -0.1) is 11.3 Å². The molecule has 104 valence electrons. The SMILES string of the molecule is CCCC(C)OCc1ccc(CNC(C)(C)C)s1. The Morgan fingerprint density at radius 1 is 1.28 bits per heavy atom. The first kappa shape index (κ1) is 15.7. The molecule has 0 aliphatic heterocycles. The Morgan fingerprint density at radius 3 is 2.56 bits per heavy atom. The first-order valence-electron chi connectivity index (χ1n) is 6.85. The molecular formula is C15H27NOS. The van der Waals surface area contributed by atoms with Crippen LogP contribution in [0.15, 0.2) is 12.1 Å². The first-order chi connectivity index (χ1) is 8.40. The average molecular weight is 269 g/mol. The van der Waals surface area contributed by atoms with Gasteiger partial charge in [-0.3, -0.25) is 0 Å². The second-order valence-electron chi connectivity index (χ2n) is 5.88. The molecule has 0 aromatic carbocycles. The summed E-state index contributed by atoms with van der Waals surface area (Å²) in [5, 5.41) is 3.51. The lowest BCUT2D eigenvalue weighted by molar-refractivity contribution is 0.0488. The van der Waals surface area contributed by atoms with Gasteiger partial charge in [0, 0.05) is 21.8 Å². The summed E-state index contributed by atoms with van der Waals surface area (Å²) in [6.07, 6.45) is 2.70. The smallest absolute Gasteiger partial charge is 0.0813 e. The summed E-state index contributed by atoms with van der Waals surface area (Å²) in [6.45, 7) is 12.6. The Labute approximate surface area is 116 Å². The highest BCUT2D eigenvalue weighted by Gasteiger charge is 2.09. The number of hydrogen-bond donors (Lipinski definition) is 1.